The van der Waals surface area contributed by atoms with E-state index in [0.29, 0.717) is 12.0 Å². The van der Waals surface area contributed by atoms with Crippen molar-refractivity contribution < 1.29 is 0 Å². The van der Waals surface area contributed by atoms with Crippen molar-refractivity contribution >= 4 is 0 Å². The van der Waals surface area contributed by atoms with Crippen molar-refractivity contribution in [3.05, 3.63) is 48.0 Å². The van der Waals surface area contributed by atoms with Gasteiger partial charge in [-0.2, -0.15) is 5.10 Å². The molecule has 0 saturated heterocycles. The van der Waals surface area contributed by atoms with Gasteiger partial charge in [-0.1, -0.05) is 44.2 Å². The van der Waals surface area contributed by atoms with Gasteiger partial charge in [0.15, 0.2) is 0 Å². The molecule has 1 heterocycles. The van der Waals surface area contributed by atoms with Crippen molar-refractivity contribution in [1.29, 1.82) is 0 Å². The molecule has 4 nitrogen and oxygen atoms in total. The summed E-state index contributed by atoms with van der Waals surface area (Å²) in [5.74, 6) is 1.64. The highest BCUT2D eigenvalue weighted by atomic mass is 15.3. The molecule has 4 heteroatoms. The second-order valence-corrected chi connectivity index (χ2v) is 5.63. The van der Waals surface area contributed by atoms with Gasteiger partial charge in [-0.25, -0.2) is 9.67 Å². The zero-order valence-electron chi connectivity index (χ0n) is 12.6. The molecule has 0 amide bonds. The van der Waals surface area contributed by atoms with Crippen LogP contribution in [0.3, 0.4) is 0 Å². The highest BCUT2D eigenvalue weighted by molar-refractivity contribution is 5.16. The molecular weight excluding hydrogens is 248 g/mol. The van der Waals surface area contributed by atoms with Crippen LogP contribution in [0.25, 0.3) is 0 Å². The van der Waals surface area contributed by atoms with E-state index >= 15 is 0 Å². The number of likely N-dealkylation sites (N-methyl/N-ethyl adjacent to an activating group) is 1. The van der Waals surface area contributed by atoms with Gasteiger partial charge in [-0.15, -0.1) is 0 Å². The second-order valence-electron chi connectivity index (χ2n) is 5.63. The van der Waals surface area contributed by atoms with Crippen LogP contribution in [0.15, 0.2) is 36.7 Å². The standard InChI is InChI=1S/C16H24N4/c1-13(2)11-20-16(18-12-19-20)10-15(17-3)9-14-7-5-4-6-8-14/h4-8,12-13,15,17H,9-11H2,1-3H3. The molecule has 20 heavy (non-hydrogen) atoms. The van der Waals surface area contributed by atoms with Crippen molar-refractivity contribution in [3.63, 3.8) is 0 Å². The lowest BCUT2D eigenvalue weighted by Gasteiger charge is -2.17. The van der Waals surface area contributed by atoms with Gasteiger partial charge in [-0.05, 0) is 24.9 Å². The Hall–Kier alpha value is -1.68. The lowest BCUT2D eigenvalue weighted by molar-refractivity contribution is 0.447. The van der Waals surface area contributed by atoms with Gasteiger partial charge in [0.25, 0.3) is 0 Å². The summed E-state index contributed by atoms with van der Waals surface area (Å²) in [4.78, 5) is 4.41. The molecule has 2 rings (SSSR count). The van der Waals surface area contributed by atoms with Crippen molar-refractivity contribution in [2.24, 2.45) is 5.92 Å². The molecule has 1 aromatic heterocycles. The summed E-state index contributed by atoms with van der Waals surface area (Å²) < 4.78 is 2.03. The maximum Gasteiger partial charge on any atom is 0.138 e. The zero-order valence-corrected chi connectivity index (χ0v) is 12.6. The predicted molar refractivity (Wildman–Crippen MR) is 81.6 cm³/mol. The molecule has 1 unspecified atom stereocenters. The van der Waals surface area contributed by atoms with Crippen LogP contribution in [0.4, 0.5) is 0 Å². The van der Waals surface area contributed by atoms with Crippen molar-refractivity contribution in [1.82, 2.24) is 20.1 Å². The Labute approximate surface area is 121 Å². The third kappa shape index (κ3) is 4.17. The second kappa shape index (κ2) is 7.20. The minimum absolute atomic E-state index is 0.382. The molecule has 0 aliphatic heterocycles. The molecule has 0 saturated carbocycles. The predicted octanol–water partition coefficient (Wildman–Crippen LogP) is 2.31. The molecule has 2 aromatic rings. The van der Waals surface area contributed by atoms with E-state index in [9.17, 15) is 0 Å². The van der Waals surface area contributed by atoms with E-state index in [1.165, 1.54) is 5.56 Å². The Morgan fingerprint density at radius 3 is 2.55 bits per heavy atom. The third-order valence-corrected chi connectivity index (χ3v) is 3.40. The Balaban J connectivity index is 2.01. The smallest absolute Gasteiger partial charge is 0.138 e. The highest BCUT2D eigenvalue weighted by Crippen LogP contribution is 2.08. The van der Waals surface area contributed by atoms with E-state index in [1.54, 1.807) is 6.33 Å². The summed E-state index contributed by atoms with van der Waals surface area (Å²) in [6, 6.07) is 10.9. The van der Waals surface area contributed by atoms with Crippen LogP contribution in [-0.2, 0) is 19.4 Å². The van der Waals surface area contributed by atoms with Crippen LogP contribution in [0.1, 0.15) is 25.2 Å². The maximum atomic E-state index is 4.41. The monoisotopic (exact) mass is 272 g/mol. The van der Waals surface area contributed by atoms with E-state index in [-0.39, 0.29) is 0 Å². The van der Waals surface area contributed by atoms with Crippen LogP contribution in [0.5, 0.6) is 0 Å². The topological polar surface area (TPSA) is 42.7 Å². The summed E-state index contributed by atoms with van der Waals surface area (Å²) in [5.41, 5.74) is 1.35. The number of hydrogen-bond donors (Lipinski definition) is 1. The van der Waals surface area contributed by atoms with Crippen LogP contribution < -0.4 is 5.32 Å². The molecule has 108 valence electrons. The lowest BCUT2D eigenvalue weighted by Crippen LogP contribution is -2.31. The summed E-state index contributed by atoms with van der Waals surface area (Å²) in [6.45, 7) is 5.33. The number of nitrogens with one attached hydrogen (secondary N) is 1. The van der Waals surface area contributed by atoms with Gasteiger partial charge in [0.2, 0.25) is 0 Å². The van der Waals surface area contributed by atoms with Crippen LogP contribution in [0.2, 0.25) is 0 Å². The van der Waals surface area contributed by atoms with Gasteiger partial charge in [0.05, 0.1) is 0 Å². The Kier molecular flexibility index (Phi) is 5.30. The van der Waals surface area contributed by atoms with Gasteiger partial charge in [0.1, 0.15) is 12.2 Å². The van der Waals surface area contributed by atoms with Gasteiger partial charge in [0, 0.05) is 19.0 Å². The third-order valence-electron chi connectivity index (χ3n) is 3.40. The van der Waals surface area contributed by atoms with E-state index in [2.05, 4.69) is 59.6 Å². The van der Waals surface area contributed by atoms with Crippen LogP contribution in [0, 0.1) is 5.92 Å². The van der Waals surface area contributed by atoms with Gasteiger partial charge in [-0.3, -0.25) is 0 Å². The summed E-state index contributed by atoms with van der Waals surface area (Å²) in [5, 5.41) is 7.72. The molecular formula is C16H24N4. The average molecular weight is 272 g/mol. The SMILES string of the molecule is CNC(Cc1ccccc1)Cc1ncnn1CC(C)C. The first-order chi connectivity index (χ1) is 9.69. The molecule has 1 atom stereocenters. The minimum Gasteiger partial charge on any atom is -0.316 e. The zero-order chi connectivity index (χ0) is 14.4. The molecule has 0 spiro atoms. The Morgan fingerprint density at radius 1 is 1.15 bits per heavy atom. The molecule has 0 fully saturated rings. The Morgan fingerprint density at radius 2 is 1.90 bits per heavy atom. The molecule has 0 aliphatic rings. The first-order valence-corrected chi connectivity index (χ1v) is 7.27. The van der Waals surface area contributed by atoms with Gasteiger partial charge >= 0.3 is 0 Å². The van der Waals surface area contributed by atoms with E-state index < -0.39 is 0 Å². The molecule has 1 N–H and O–H groups in total. The number of nitrogens with zero attached hydrogens (tertiary/aromatic N) is 3. The molecule has 1 aromatic carbocycles. The summed E-state index contributed by atoms with van der Waals surface area (Å²) in [7, 11) is 2.01. The first kappa shape index (κ1) is 14.7. The molecule has 0 aliphatic carbocycles. The minimum atomic E-state index is 0.382. The van der Waals surface area contributed by atoms with E-state index in [4.69, 9.17) is 0 Å². The highest BCUT2D eigenvalue weighted by Gasteiger charge is 2.13. The fourth-order valence-corrected chi connectivity index (χ4v) is 2.34. The first-order valence-electron chi connectivity index (χ1n) is 7.27. The average Bonchev–Trinajstić information content (AvgIpc) is 2.85. The molecule has 0 radical (unpaired) electrons. The number of rotatable bonds is 7. The summed E-state index contributed by atoms with van der Waals surface area (Å²) >= 11 is 0. The lowest BCUT2D eigenvalue weighted by atomic mass is 10.0. The quantitative estimate of drug-likeness (QED) is 0.841. The van der Waals surface area contributed by atoms with Crippen molar-refractivity contribution in [3.8, 4) is 0 Å². The van der Waals surface area contributed by atoms with E-state index in [0.717, 1.165) is 25.2 Å². The Bertz CT molecular complexity index is 504. The summed E-state index contributed by atoms with van der Waals surface area (Å²) in [6.07, 6.45) is 3.57. The number of aromatic nitrogens is 3. The maximum absolute atomic E-state index is 4.41. The van der Waals surface area contributed by atoms with Crippen molar-refractivity contribution in [2.75, 3.05) is 7.05 Å². The van der Waals surface area contributed by atoms with Crippen molar-refractivity contribution in [2.45, 2.75) is 39.3 Å². The normalized spacial score (nSPS) is 12.8. The largest absolute Gasteiger partial charge is 0.316 e. The van der Waals surface area contributed by atoms with Gasteiger partial charge < -0.3 is 5.32 Å². The van der Waals surface area contributed by atoms with Crippen LogP contribution >= 0.6 is 0 Å². The fraction of sp³-hybridized carbons (Fsp3) is 0.500. The molecule has 0 bridgehead atoms. The number of hydrogen-bond acceptors (Lipinski definition) is 3. The van der Waals surface area contributed by atoms with E-state index in [1.807, 2.05) is 11.7 Å². The fourth-order valence-electron chi connectivity index (χ4n) is 2.34. The van der Waals surface area contributed by atoms with Crippen LogP contribution in [-0.4, -0.2) is 27.9 Å². The number of benzene rings is 1.